The van der Waals surface area contributed by atoms with Crippen LogP contribution in [0, 0.1) is 17.1 Å². The fourth-order valence-corrected chi connectivity index (χ4v) is 2.07. The van der Waals surface area contributed by atoms with Crippen molar-refractivity contribution < 1.29 is 4.39 Å². The van der Waals surface area contributed by atoms with E-state index in [0.717, 1.165) is 17.5 Å². The SMILES string of the molecule is N#Cc1ccc(CC(CN)c2ccc(F)cc2)cc1. The van der Waals surface area contributed by atoms with E-state index in [-0.39, 0.29) is 11.7 Å². The molecule has 19 heavy (non-hydrogen) atoms. The van der Waals surface area contributed by atoms with E-state index in [4.69, 9.17) is 11.0 Å². The third kappa shape index (κ3) is 3.40. The summed E-state index contributed by atoms with van der Waals surface area (Å²) >= 11 is 0. The molecular weight excluding hydrogens is 239 g/mol. The Morgan fingerprint density at radius 3 is 2.21 bits per heavy atom. The molecule has 0 amide bonds. The van der Waals surface area contributed by atoms with E-state index in [2.05, 4.69) is 6.07 Å². The van der Waals surface area contributed by atoms with Crippen molar-refractivity contribution in [3.63, 3.8) is 0 Å². The number of nitriles is 1. The van der Waals surface area contributed by atoms with Gasteiger partial charge in [0.15, 0.2) is 0 Å². The second-order valence-electron chi connectivity index (χ2n) is 4.50. The normalized spacial score (nSPS) is 11.8. The van der Waals surface area contributed by atoms with Crippen molar-refractivity contribution >= 4 is 0 Å². The maximum atomic E-state index is 12.9. The van der Waals surface area contributed by atoms with Crippen LogP contribution in [0.25, 0.3) is 0 Å². The average molecular weight is 254 g/mol. The Labute approximate surface area is 112 Å². The maximum absolute atomic E-state index is 12.9. The number of nitrogens with two attached hydrogens (primary N) is 1. The fourth-order valence-electron chi connectivity index (χ4n) is 2.07. The lowest BCUT2D eigenvalue weighted by atomic mass is 9.92. The first-order chi connectivity index (χ1) is 9.22. The van der Waals surface area contributed by atoms with Gasteiger partial charge in [0.2, 0.25) is 0 Å². The lowest BCUT2D eigenvalue weighted by Gasteiger charge is -2.15. The van der Waals surface area contributed by atoms with Gasteiger partial charge in [-0.25, -0.2) is 4.39 Å². The summed E-state index contributed by atoms with van der Waals surface area (Å²) in [5.41, 5.74) is 8.61. The minimum atomic E-state index is -0.238. The van der Waals surface area contributed by atoms with Crippen LogP contribution in [0.1, 0.15) is 22.6 Å². The minimum absolute atomic E-state index is 0.161. The van der Waals surface area contributed by atoms with Gasteiger partial charge in [0.05, 0.1) is 11.6 Å². The number of nitrogens with zero attached hydrogens (tertiary/aromatic N) is 1. The van der Waals surface area contributed by atoms with Gasteiger partial charge in [0.1, 0.15) is 5.82 Å². The zero-order valence-corrected chi connectivity index (χ0v) is 10.5. The van der Waals surface area contributed by atoms with Crippen LogP contribution in [-0.4, -0.2) is 6.54 Å². The van der Waals surface area contributed by atoms with Crippen molar-refractivity contribution in [1.82, 2.24) is 0 Å². The molecule has 2 aromatic carbocycles. The fraction of sp³-hybridized carbons (Fsp3) is 0.188. The Morgan fingerprint density at radius 1 is 1.05 bits per heavy atom. The van der Waals surface area contributed by atoms with E-state index in [0.29, 0.717) is 12.1 Å². The second kappa shape index (κ2) is 6.12. The molecule has 0 fully saturated rings. The number of hydrogen-bond acceptors (Lipinski definition) is 2. The topological polar surface area (TPSA) is 49.8 Å². The molecule has 0 spiro atoms. The molecule has 96 valence electrons. The van der Waals surface area contributed by atoms with E-state index in [1.165, 1.54) is 12.1 Å². The molecule has 2 rings (SSSR count). The summed E-state index contributed by atoms with van der Waals surface area (Å²) < 4.78 is 12.9. The predicted octanol–water partition coefficient (Wildman–Crippen LogP) is 2.98. The van der Waals surface area contributed by atoms with E-state index in [1.54, 1.807) is 24.3 Å². The Kier molecular flexibility index (Phi) is 4.27. The van der Waals surface area contributed by atoms with E-state index >= 15 is 0 Å². The van der Waals surface area contributed by atoms with Gasteiger partial charge < -0.3 is 5.73 Å². The number of hydrogen-bond donors (Lipinski definition) is 1. The molecule has 1 atom stereocenters. The van der Waals surface area contributed by atoms with Gasteiger partial charge >= 0.3 is 0 Å². The van der Waals surface area contributed by atoms with Crippen LogP contribution in [0.4, 0.5) is 4.39 Å². The molecule has 3 heteroatoms. The van der Waals surface area contributed by atoms with Crippen LogP contribution in [0.15, 0.2) is 48.5 Å². The van der Waals surface area contributed by atoms with Crippen LogP contribution in [0.5, 0.6) is 0 Å². The first-order valence-corrected chi connectivity index (χ1v) is 6.17. The first kappa shape index (κ1) is 13.3. The van der Waals surface area contributed by atoms with Crippen LogP contribution in [-0.2, 0) is 6.42 Å². The molecular formula is C16H15FN2. The highest BCUT2D eigenvalue weighted by Gasteiger charge is 2.10. The molecule has 0 aliphatic carbocycles. The molecule has 2 N–H and O–H groups in total. The Balaban J connectivity index is 2.14. The molecule has 0 saturated carbocycles. The van der Waals surface area contributed by atoms with Crippen molar-refractivity contribution in [2.75, 3.05) is 6.54 Å². The molecule has 0 aliphatic heterocycles. The molecule has 0 bridgehead atoms. The summed E-state index contributed by atoms with van der Waals surface area (Å²) in [5.74, 6) is -0.0774. The van der Waals surface area contributed by atoms with Crippen molar-refractivity contribution in [3.8, 4) is 6.07 Å². The summed E-state index contributed by atoms with van der Waals surface area (Å²) in [4.78, 5) is 0. The Hall–Kier alpha value is -2.18. The van der Waals surface area contributed by atoms with E-state index < -0.39 is 0 Å². The monoisotopic (exact) mass is 254 g/mol. The molecule has 0 radical (unpaired) electrons. The maximum Gasteiger partial charge on any atom is 0.123 e. The number of halogens is 1. The molecule has 0 heterocycles. The highest BCUT2D eigenvalue weighted by atomic mass is 19.1. The van der Waals surface area contributed by atoms with Gasteiger partial charge in [0.25, 0.3) is 0 Å². The average Bonchev–Trinajstić information content (AvgIpc) is 2.46. The highest BCUT2D eigenvalue weighted by molar-refractivity contribution is 5.33. The lowest BCUT2D eigenvalue weighted by molar-refractivity contribution is 0.623. The molecule has 2 nitrogen and oxygen atoms in total. The number of benzene rings is 2. The van der Waals surface area contributed by atoms with Gasteiger partial charge in [0, 0.05) is 5.92 Å². The van der Waals surface area contributed by atoms with Crippen molar-refractivity contribution in [2.24, 2.45) is 5.73 Å². The predicted molar refractivity (Wildman–Crippen MR) is 73.1 cm³/mol. The van der Waals surface area contributed by atoms with E-state index in [1.807, 2.05) is 12.1 Å². The minimum Gasteiger partial charge on any atom is -0.330 e. The summed E-state index contributed by atoms with van der Waals surface area (Å²) in [5, 5.41) is 8.76. The lowest BCUT2D eigenvalue weighted by Crippen LogP contribution is -2.15. The van der Waals surface area contributed by atoms with E-state index in [9.17, 15) is 4.39 Å². The zero-order chi connectivity index (χ0) is 13.7. The van der Waals surface area contributed by atoms with Gasteiger partial charge in [-0.05, 0) is 48.4 Å². The van der Waals surface area contributed by atoms with Crippen LogP contribution in [0.3, 0.4) is 0 Å². The number of rotatable bonds is 4. The van der Waals surface area contributed by atoms with Gasteiger partial charge in [-0.1, -0.05) is 24.3 Å². The van der Waals surface area contributed by atoms with Crippen LogP contribution >= 0.6 is 0 Å². The summed E-state index contributed by atoms with van der Waals surface area (Å²) in [6.07, 6.45) is 0.786. The van der Waals surface area contributed by atoms with Crippen molar-refractivity contribution in [3.05, 3.63) is 71.0 Å². The van der Waals surface area contributed by atoms with Crippen molar-refractivity contribution in [2.45, 2.75) is 12.3 Å². The molecule has 0 aliphatic rings. The third-order valence-corrected chi connectivity index (χ3v) is 3.19. The standard InChI is InChI=1S/C16H15FN2/c17-16-7-5-14(6-8-16)15(11-19)9-12-1-3-13(10-18)4-2-12/h1-8,15H,9,11,19H2. The second-order valence-corrected chi connectivity index (χ2v) is 4.50. The first-order valence-electron chi connectivity index (χ1n) is 6.17. The molecule has 0 saturated heterocycles. The molecule has 1 unspecified atom stereocenters. The molecule has 2 aromatic rings. The largest absolute Gasteiger partial charge is 0.330 e. The van der Waals surface area contributed by atoms with Gasteiger partial charge in [-0.15, -0.1) is 0 Å². The summed E-state index contributed by atoms with van der Waals surface area (Å²) in [6.45, 7) is 0.506. The van der Waals surface area contributed by atoms with Gasteiger partial charge in [-0.3, -0.25) is 0 Å². The Morgan fingerprint density at radius 2 is 1.68 bits per heavy atom. The smallest absolute Gasteiger partial charge is 0.123 e. The quantitative estimate of drug-likeness (QED) is 0.911. The highest BCUT2D eigenvalue weighted by Crippen LogP contribution is 2.20. The third-order valence-electron chi connectivity index (χ3n) is 3.19. The zero-order valence-electron chi connectivity index (χ0n) is 10.5. The van der Waals surface area contributed by atoms with Gasteiger partial charge in [-0.2, -0.15) is 5.26 Å². The Bertz CT molecular complexity index is 567. The van der Waals surface area contributed by atoms with Crippen LogP contribution < -0.4 is 5.73 Å². The van der Waals surface area contributed by atoms with Crippen molar-refractivity contribution in [1.29, 1.82) is 5.26 Å². The van der Waals surface area contributed by atoms with Crippen LogP contribution in [0.2, 0.25) is 0 Å². The molecule has 0 aromatic heterocycles. The summed E-state index contributed by atoms with van der Waals surface area (Å²) in [7, 11) is 0. The summed E-state index contributed by atoms with van der Waals surface area (Å²) in [6, 6.07) is 16.0.